The molecule has 3 rings (SSSR count). The van der Waals surface area contributed by atoms with Crippen molar-refractivity contribution in [1.82, 2.24) is 14.8 Å². The summed E-state index contributed by atoms with van der Waals surface area (Å²) in [4.78, 5) is 3.97. The van der Waals surface area contributed by atoms with Crippen molar-refractivity contribution in [2.45, 2.75) is 38.2 Å². The lowest BCUT2D eigenvalue weighted by Crippen LogP contribution is -2.34. The van der Waals surface area contributed by atoms with Crippen LogP contribution in [0.4, 0.5) is 0 Å². The van der Waals surface area contributed by atoms with Gasteiger partial charge in [0, 0.05) is 10.6 Å². The van der Waals surface area contributed by atoms with Gasteiger partial charge in [-0.15, -0.1) is 24.0 Å². The Morgan fingerprint density at radius 1 is 1.39 bits per heavy atom. The predicted octanol–water partition coefficient (Wildman–Crippen LogP) is 4.27. The van der Waals surface area contributed by atoms with E-state index in [2.05, 4.69) is 17.0 Å². The molecule has 2 heterocycles. The fraction of sp³-hybridized carbons (Fsp3) is 0.467. The van der Waals surface area contributed by atoms with Crippen molar-refractivity contribution in [2.24, 2.45) is 0 Å². The normalized spacial score (nSPS) is 23.7. The van der Waals surface area contributed by atoms with Gasteiger partial charge in [-0.25, -0.2) is 9.67 Å². The highest BCUT2D eigenvalue weighted by Crippen LogP contribution is 2.41. The Labute approximate surface area is 162 Å². The van der Waals surface area contributed by atoms with Gasteiger partial charge in [0.1, 0.15) is 19.2 Å². The monoisotopic (exact) mass is 469 g/mol. The first-order valence-electron chi connectivity index (χ1n) is 7.22. The second-order valence-electron chi connectivity index (χ2n) is 5.31. The molecular formula is C15H18Cl2IN3O2. The minimum atomic E-state index is -0.963. The maximum absolute atomic E-state index is 6.37. The standard InChI is InChI=1S/C15H17Cl2N3O2.HI/c1-2-3-12-7-21-15(22-12,8-20-10-18-9-19-20)13-5-4-11(16)6-14(13)17;/h4-6,9-10,12H,2-3,7-8H2,1H3;1H. The second-order valence-corrected chi connectivity index (χ2v) is 6.15. The summed E-state index contributed by atoms with van der Waals surface area (Å²) in [6.07, 6.45) is 5.12. The van der Waals surface area contributed by atoms with E-state index < -0.39 is 5.79 Å². The molecule has 5 nitrogen and oxygen atoms in total. The molecule has 8 heteroatoms. The maximum atomic E-state index is 6.37. The third kappa shape index (κ3) is 4.17. The maximum Gasteiger partial charge on any atom is 0.217 e. The number of ether oxygens (including phenoxy) is 2. The molecule has 23 heavy (non-hydrogen) atoms. The van der Waals surface area contributed by atoms with Crippen LogP contribution in [0.1, 0.15) is 25.3 Å². The van der Waals surface area contributed by atoms with Gasteiger partial charge in [0.15, 0.2) is 0 Å². The Morgan fingerprint density at radius 3 is 2.87 bits per heavy atom. The predicted molar refractivity (Wildman–Crippen MR) is 99.3 cm³/mol. The van der Waals surface area contributed by atoms with Crippen LogP contribution < -0.4 is 0 Å². The third-order valence-corrected chi connectivity index (χ3v) is 4.20. The lowest BCUT2D eigenvalue weighted by Gasteiger charge is -2.29. The smallest absolute Gasteiger partial charge is 0.217 e. The molecule has 0 bridgehead atoms. The summed E-state index contributed by atoms with van der Waals surface area (Å²) >= 11 is 12.4. The first-order valence-corrected chi connectivity index (χ1v) is 7.98. The molecule has 2 aromatic rings. The summed E-state index contributed by atoms with van der Waals surface area (Å²) in [6.45, 7) is 3.03. The summed E-state index contributed by atoms with van der Waals surface area (Å²) in [5.74, 6) is -0.963. The molecule has 0 amide bonds. The van der Waals surface area contributed by atoms with Crippen LogP contribution >= 0.6 is 47.2 Å². The number of hydrogen-bond donors (Lipinski definition) is 0. The first kappa shape index (κ1) is 18.9. The SMILES string of the molecule is CCCC1COC(Cn2cncn2)(c2ccc(Cl)cc2Cl)O1.I. The second kappa shape index (κ2) is 8.11. The van der Waals surface area contributed by atoms with Gasteiger partial charge in [-0.05, 0) is 18.6 Å². The highest BCUT2D eigenvalue weighted by atomic mass is 127. The molecular weight excluding hydrogens is 452 g/mol. The summed E-state index contributed by atoms with van der Waals surface area (Å²) in [5, 5.41) is 5.24. The van der Waals surface area contributed by atoms with Crippen molar-refractivity contribution in [2.75, 3.05) is 6.61 Å². The number of benzene rings is 1. The van der Waals surface area contributed by atoms with E-state index in [-0.39, 0.29) is 30.1 Å². The summed E-state index contributed by atoms with van der Waals surface area (Å²) in [5.41, 5.74) is 0.757. The van der Waals surface area contributed by atoms with Gasteiger partial charge in [-0.1, -0.05) is 42.6 Å². The molecule has 2 atom stereocenters. The van der Waals surface area contributed by atoms with Crippen LogP contribution in [0.25, 0.3) is 0 Å². The summed E-state index contributed by atoms with van der Waals surface area (Å²) < 4.78 is 14.0. The van der Waals surface area contributed by atoms with Crippen molar-refractivity contribution in [3.8, 4) is 0 Å². The Kier molecular flexibility index (Phi) is 6.67. The lowest BCUT2D eigenvalue weighted by atomic mass is 10.1. The highest BCUT2D eigenvalue weighted by molar-refractivity contribution is 14.0. The van der Waals surface area contributed by atoms with E-state index in [1.54, 1.807) is 23.1 Å². The molecule has 126 valence electrons. The molecule has 1 aromatic carbocycles. The van der Waals surface area contributed by atoms with E-state index in [4.69, 9.17) is 32.7 Å². The Morgan fingerprint density at radius 2 is 2.22 bits per heavy atom. The average Bonchev–Trinajstić information content (AvgIpc) is 3.10. The molecule has 1 aliphatic heterocycles. The zero-order valence-electron chi connectivity index (χ0n) is 12.6. The van der Waals surface area contributed by atoms with Crippen LogP contribution in [0.15, 0.2) is 30.9 Å². The average molecular weight is 470 g/mol. The van der Waals surface area contributed by atoms with Gasteiger partial charge in [0.25, 0.3) is 0 Å². The van der Waals surface area contributed by atoms with Crippen molar-refractivity contribution in [1.29, 1.82) is 0 Å². The van der Waals surface area contributed by atoms with Gasteiger partial charge in [0.05, 0.1) is 17.7 Å². The number of aromatic nitrogens is 3. The van der Waals surface area contributed by atoms with Crippen molar-refractivity contribution in [3.63, 3.8) is 0 Å². The first-order chi connectivity index (χ1) is 10.6. The molecule has 0 spiro atoms. The zero-order chi connectivity index (χ0) is 15.6. The summed E-state index contributed by atoms with van der Waals surface area (Å²) in [6, 6.07) is 5.32. The van der Waals surface area contributed by atoms with Crippen LogP contribution in [0.5, 0.6) is 0 Å². The van der Waals surface area contributed by atoms with Gasteiger partial charge < -0.3 is 9.47 Å². The Balaban J connectivity index is 0.00000192. The van der Waals surface area contributed by atoms with Gasteiger partial charge in [-0.3, -0.25) is 0 Å². The van der Waals surface area contributed by atoms with Gasteiger partial charge >= 0.3 is 0 Å². The van der Waals surface area contributed by atoms with Crippen molar-refractivity contribution < 1.29 is 9.47 Å². The van der Waals surface area contributed by atoms with E-state index in [1.807, 2.05) is 6.07 Å². The van der Waals surface area contributed by atoms with Crippen molar-refractivity contribution >= 4 is 47.2 Å². The van der Waals surface area contributed by atoms with Crippen LogP contribution in [-0.4, -0.2) is 27.5 Å². The lowest BCUT2D eigenvalue weighted by molar-refractivity contribution is -0.189. The summed E-state index contributed by atoms with van der Waals surface area (Å²) in [7, 11) is 0. The van der Waals surface area contributed by atoms with Gasteiger partial charge in [-0.2, -0.15) is 5.10 Å². The van der Waals surface area contributed by atoms with Crippen LogP contribution in [0.3, 0.4) is 0 Å². The fourth-order valence-corrected chi connectivity index (χ4v) is 3.22. The Hall–Kier alpha value is -0.410. The molecule has 0 saturated carbocycles. The molecule has 1 aromatic heterocycles. The molecule has 0 aliphatic carbocycles. The van der Waals surface area contributed by atoms with Crippen LogP contribution in [0.2, 0.25) is 10.0 Å². The Bertz CT molecular complexity index is 642. The van der Waals surface area contributed by atoms with E-state index in [9.17, 15) is 0 Å². The van der Waals surface area contributed by atoms with E-state index in [0.29, 0.717) is 23.2 Å². The fourth-order valence-electron chi connectivity index (χ4n) is 2.66. The molecule has 1 fully saturated rings. The zero-order valence-corrected chi connectivity index (χ0v) is 16.5. The van der Waals surface area contributed by atoms with Gasteiger partial charge in [0.2, 0.25) is 5.79 Å². The van der Waals surface area contributed by atoms with E-state index in [1.165, 1.54) is 6.33 Å². The molecule has 0 radical (unpaired) electrons. The molecule has 2 unspecified atom stereocenters. The largest absolute Gasteiger partial charge is 0.342 e. The third-order valence-electron chi connectivity index (χ3n) is 3.65. The topological polar surface area (TPSA) is 49.2 Å². The molecule has 1 saturated heterocycles. The number of nitrogens with zero attached hydrogens (tertiary/aromatic N) is 3. The quantitative estimate of drug-likeness (QED) is 0.613. The van der Waals surface area contributed by atoms with Crippen LogP contribution in [0, 0.1) is 0 Å². The minimum absolute atomic E-state index is 0. The molecule has 0 N–H and O–H groups in total. The van der Waals surface area contributed by atoms with E-state index >= 15 is 0 Å². The van der Waals surface area contributed by atoms with E-state index in [0.717, 1.165) is 18.4 Å². The van der Waals surface area contributed by atoms with Crippen LogP contribution in [-0.2, 0) is 21.8 Å². The number of hydrogen-bond acceptors (Lipinski definition) is 4. The minimum Gasteiger partial charge on any atom is -0.342 e. The number of rotatable bonds is 5. The molecule has 1 aliphatic rings. The number of halogens is 3. The highest BCUT2D eigenvalue weighted by Gasteiger charge is 2.45. The van der Waals surface area contributed by atoms with Crippen molar-refractivity contribution in [3.05, 3.63) is 46.5 Å².